The molecule has 1 heterocycles. The summed E-state index contributed by atoms with van der Waals surface area (Å²) >= 11 is 0. The Morgan fingerprint density at radius 3 is 2.52 bits per heavy atom. The van der Waals surface area contributed by atoms with Crippen molar-refractivity contribution in [1.29, 1.82) is 0 Å². The van der Waals surface area contributed by atoms with E-state index in [9.17, 15) is 9.90 Å². The van der Waals surface area contributed by atoms with E-state index in [1.165, 1.54) is 0 Å². The van der Waals surface area contributed by atoms with Crippen LogP contribution >= 0.6 is 0 Å². The van der Waals surface area contributed by atoms with Gasteiger partial charge in [-0.15, -0.1) is 0 Å². The first kappa shape index (κ1) is 15.8. The summed E-state index contributed by atoms with van der Waals surface area (Å²) in [6, 6.07) is 14.3. The zero-order valence-electron chi connectivity index (χ0n) is 13.9. The minimum Gasteiger partial charge on any atom is -0.444 e. The molecule has 1 aliphatic rings. The molecular weight excluding hydrogens is 290 g/mol. The van der Waals surface area contributed by atoms with Crippen LogP contribution in [0, 0.1) is 0 Å². The molecule has 4 nitrogen and oxygen atoms in total. The van der Waals surface area contributed by atoms with E-state index >= 15 is 0 Å². The topological polar surface area (TPSA) is 49.8 Å². The SMILES string of the molecule is CC(C)(C)OC(=O)N1CC(O)(Cc2cccc3ccccc23)C1. The standard InChI is InChI=1S/C19H23NO3/c1-18(2,3)23-17(21)20-12-19(22,13-20)11-15-9-6-8-14-7-4-5-10-16(14)15/h4-10,22H,11-13H2,1-3H3. The van der Waals surface area contributed by atoms with Crippen LogP contribution in [0.5, 0.6) is 0 Å². The molecule has 0 aromatic heterocycles. The largest absolute Gasteiger partial charge is 0.444 e. The van der Waals surface area contributed by atoms with Gasteiger partial charge >= 0.3 is 6.09 Å². The summed E-state index contributed by atoms with van der Waals surface area (Å²) in [5.41, 5.74) is -0.281. The van der Waals surface area contributed by atoms with Gasteiger partial charge in [-0.25, -0.2) is 4.79 Å². The van der Waals surface area contributed by atoms with Crippen LogP contribution in [0.4, 0.5) is 4.79 Å². The van der Waals surface area contributed by atoms with Crippen LogP contribution in [0.3, 0.4) is 0 Å². The molecule has 23 heavy (non-hydrogen) atoms. The van der Waals surface area contributed by atoms with Gasteiger partial charge in [0.15, 0.2) is 0 Å². The molecule has 0 unspecified atom stereocenters. The van der Waals surface area contributed by atoms with Gasteiger partial charge in [0, 0.05) is 6.42 Å². The molecule has 0 spiro atoms. The fourth-order valence-corrected chi connectivity index (χ4v) is 3.03. The molecule has 2 aromatic carbocycles. The summed E-state index contributed by atoms with van der Waals surface area (Å²) in [4.78, 5) is 13.5. The fourth-order valence-electron chi connectivity index (χ4n) is 3.03. The highest BCUT2D eigenvalue weighted by molar-refractivity contribution is 5.85. The highest BCUT2D eigenvalue weighted by Gasteiger charge is 2.45. The molecule has 0 atom stereocenters. The third-order valence-corrected chi connectivity index (χ3v) is 4.02. The van der Waals surface area contributed by atoms with Crippen molar-refractivity contribution in [3.63, 3.8) is 0 Å². The van der Waals surface area contributed by atoms with Crippen LogP contribution in [-0.2, 0) is 11.2 Å². The molecule has 0 saturated carbocycles. The number of carbonyl (C=O) groups is 1. The van der Waals surface area contributed by atoms with E-state index in [4.69, 9.17) is 4.74 Å². The maximum Gasteiger partial charge on any atom is 0.410 e. The van der Waals surface area contributed by atoms with Gasteiger partial charge in [-0.05, 0) is 37.1 Å². The molecule has 1 fully saturated rings. The van der Waals surface area contributed by atoms with E-state index in [1.807, 2.05) is 45.0 Å². The molecule has 4 heteroatoms. The van der Waals surface area contributed by atoms with E-state index in [2.05, 4.69) is 18.2 Å². The van der Waals surface area contributed by atoms with Crippen molar-refractivity contribution in [3.8, 4) is 0 Å². The first-order valence-corrected chi connectivity index (χ1v) is 7.93. The number of hydrogen-bond acceptors (Lipinski definition) is 3. The predicted molar refractivity (Wildman–Crippen MR) is 90.4 cm³/mol. The van der Waals surface area contributed by atoms with Crippen molar-refractivity contribution in [3.05, 3.63) is 48.0 Å². The second kappa shape index (κ2) is 5.53. The van der Waals surface area contributed by atoms with Crippen LogP contribution in [0.25, 0.3) is 10.8 Å². The first-order valence-electron chi connectivity index (χ1n) is 7.93. The number of ether oxygens (including phenoxy) is 1. The van der Waals surface area contributed by atoms with Crippen molar-refractivity contribution in [2.75, 3.05) is 13.1 Å². The highest BCUT2D eigenvalue weighted by Crippen LogP contribution is 2.29. The quantitative estimate of drug-likeness (QED) is 0.925. The Kier molecular flexibility index (Phi) is 3.80. The summed E-state index contributed by atoms with van der Waals surface area (Å²) < 4.78 is 5.33. The number of fused-ring (bicyclic) bond motifs is 1. The van der Waals surface area contributed by atoms with Crippen molar-refractivity contribution >= 4 is 16.9 Å². The minimum atomic E-state index is -0.874. The molecular formula is C19H23NO3. The molecule has 1 N–H and O–H groups in total. The fraction of sp³-hybridized carbons (Fsp3) is 0.421. The van der Waals surface area contributed by atoms with Crippen molar-refractivity contribution in [2.45, 2.75) is 38.4 Å². The Labute approximate surface area is 136 Å². The number of likely N-dealkylation sites (tertiary alicyclic amines) is 1. The minimum absolute atomic E-state index is 0.311. The molecule has 2 aromatic rings. The lowest BCUT2D eigenvalue weighted by Crippen LogP contribution is -2.65. The summed E-state index contributed by atoms with van der Waals surface area (Å²) in [5, 5.41) is 13.0. The Balaban J connectivity index is 1.69. The highest BCUT2D eigenvalue weighted by atomic mass is 16.6. The zero-order chi connectivity index (χ0) is 16.7. The van der Waals surface area contributed by atoms with E-state index in [1.54, 1.807) is 4.90 Å². The number of carbonyl (C=O) groups excluding carboxylic acids is 1. The predicted octanol–water partition coefficient (Wildman–Crippen LogP) is 3.36. The average molecular weight is 313 g/mol. The molecule has 0 aliphatic carbocycles. The van der Waals surface area contributed by atoms with Gasteiger partial charge in [0.25, 0.3) is 0 Å². The normalized spacial score (nSPS) is 17.0. The maximum absolute atomic E-state index is 12.0. The summed E-state index contributed by atoms with van der Waals surface area (Å²) in [6.45, 7) is 6.14. The van der Waals surface area contributed by atoms with Gasteiger partial charge in [0.05, 0.1) is 13.1 Å². The monoisotopic (exact) mass is 313 g/mol. The molecule has 122 valence electrons. The third kappa shape index (κ3) is 3.48. The Morgan fingerprint density at radius 2 is 1.83 bits per heavy atom. The summed E-state index contributed by atoms with van der Waals surface area (Å²) in [7, 11) is 0. The van der Waals surface area contributed by atoms with E-state index < -0.39 is 11.2 Å². The lowest BCUT2D eigenvalue weighted by molar-refractivity contribution is -0.0972. The Bertz CT molecular complexity index is 721. The number of hydrogen-bond donors (Lipinski definition) is 1. The van der Waals surface area contributed by atoms with Crippen LogP contribution < -0.4 is 0 Å². The van der Waals surface area contributed by atoms with Gasteiger partial charge in [0.1, 0.15) is 11.2 Å². The number of rotatable bonds is 2. The lowest BCUT2D eigenvalue weighted by Gasteiger charge is -2.46. The Morgan fingerprint density at radius 1 is 1.17 bits per heavy atom. The molecule has 3 rings (SSSR count). The van der Waals surface area contributed by atoms with E-state index in [0.717, 1.165) is 16.3 Å². The molecule has 0 radical (unpaired) electrons. The van der Waals surface area contributed by atoms with Crippen molar-refractivity contribution in [2.24, 2.45) is 0 Å². The van der Waals surface area contributed by atoms with Crippen molar-refractivity contribution in [1.82, 2.24) is 4.90 Å². The van der Waals surface area contributed by atoms with E-state index in [-0.39, 0.29) is 6.09 Å². The van der Waals surface area contributed by atoms with Crippen LogP contribution in [0.2, 0.25) is 0 Å². The third-order valence-electron chi connectivity index (χ3n) is 4.02. The van der Waals surface area contributed by atoms with Gasteiger partial charge in [-0.3, -0.25) is 0 Å². The second-order valence-electron chi connectivity index (χ2n) is 7.38. The average Bonchev–Trinajstić information content (AvgIpc) is 2.43. The molecule has 1 aliphatic heterocycles. The van der Waals surface area contributed by atoms with Gasteiger partial charge in [-0.1, -0.05) is 42.5 Å². The number of aliphatic hydroxyl groups is 1. The van der Waals surface area contributed by atoms with Crippen molar-refractivity contribution < 1.29 is 14.6 Å². The maximum atomic E-state index is 12.0. The summed E-state index contributed by atoms with van der Waals surface area (Å²) in [6.07, 6.45) is 0.174. The van der Waals surface area contributed by atoms with Gasteiger partial charge in [-0.2, -0.15) is 0 Å². The molecule has 1 saturated heterocycles. The van der Waals surface area contributed by atoms with Crippen LogP contribution in [-0.4, -0.2) is 40.4 Å². The molecule has 1 amide bonds. The van der Waals surface area contributed by atoms with Crippen LogP contribution in [0.15, 0.2) is 42.5 Å². The number of nitrogens with zero attached hydrogens (tertiary/aromatic N) is 1. The smallest absolute Gasteiger partial charge is 0.410 e. The first-order chi connectivity index (χ1) is 10.8. The van der Waals surface area contributed by atoms with Crippen LogP contribution in [0.1, 0.15) is 26.3 Å². The number of β-amino-alcohol motifs (C(OH)–C–C–N with tert-alkyl or cyclic N) is 1. The number of amides is 1. The van der Waals surface area contributed by atoms with Gasteiger partial charge in [0.2, 0.25) is 0 Å². The zero-order valence-corrected chi connectivity index (χ0v) is 13.9. The summed E-state index contributed by atoms with van der Waals surface area (Å²) in [5.74, 6) is 0. The van der Waals surface area contributed by atoms with Gasteiger partial charge < -0.3 is 14.7 Å². The Hall–Kier alpha value is -2.07. The lowest BCUT2D eigenvalue weighted by atomic mass is 9.85. The van der Waals surface area contributed by atoms with E-state index in [0.29, 0.717) is 19.5 Å². The second-order valence-corrected chi connectivity index (χ2v) is 7.38. The molecule has 0 bridgehead atoms. The number of benzene rings is 2.